The van der Waals surface area contributed by atoms with E-state index in [2.05, 4.69) is 19.2 Å². The average Bonchev–Trinajstić information content (AvgIpc) is 2.68. The summed E-state index contributed by atoms with van der Waals surface area (Å²) < 4.78 is 12.2. The van der Waals surface area contributed by atoms with Gasteiger partial charge in [-0.1, -0.05) is 40.0 Å². The van der Waals surface area contributed by atoms with Gasteiger partial charge in [0.1, 0.15) is 12.1 Å². The second-order valence-corrected chi connectivity index (χ2v) is 12.6. The van der Waals surface area contributed by atoms with Crippen molar-refractivity contribution in [2.24, 2.45) is 22.7 Å². The van der Waals surface area contributed by atoms with Crippen molar-refractivity contribution < 1.29 is 23.9 Å². The zero-order valence-corrected chi connectivity index (χ0v) is 22.2. The first kappa shape index (κ1) is 27.6. The average molecular weight is 467 g/mol. The normalized spacial score (nSPS) is 29.0. The molecular formula is C26H46N2O5. The number of nitrogens with zero attached hydrogens (tertiary/aromatic N) is 1. The van der Waals surface area contributed by atoms with E-state index in [0.717, 1.165) is 38.5 Å². The Morgan fingerprint density at radius 1 is 1.09 bits per heavy atom. The second-order valence-electron chi connectivity index (χ2n) is 12.6. The molecule has 5 atom stereocenters. The summed E-state index contributed by atoms with van der Waals surface area (Å²) in [6, 6.07) is -0.712. The van der Waals surface area contributed by atoms with E-state index in [9.17, 15) is 14.4 Å². The fraction of sp³-hybridized carbons (Fsp3) is 0.885. The van der Waals surface area contributed by atoms with Crippen molar-refractivity contribution in [2.75, 3.05) is 6.61 Å². The monoisotopic (exact) mass is 466 g/mol. The molecule has 2 rings (SSSR count). The first-order chi connectivity index (χ1) is 15.1. The Bertz CT molecular complexity index is 702. The fourth-order valence-corrected chi connectivity index (χ4v) is 4.95. The van der Waals surface area contributed by atoms with Gasteiger partial charge in [0.2, 0.25) is 12.3 Å². The van der Waals surface area contributed by atoms with E-state index < -0.39 is 29.3 Å². The predicted octanol–water partition coefficient (Wildman–Crippen LogP) is 4.28. The largest absolute Gasteiger partial charge is 0.457 e. The number of nitrogens with one attached hydrogen (secondary N) is 1. The van der Waals surface area contributed by atoms with Gasteiger partial charge in [-0.15, -0.1) is 0 Å². The van der Waals surface area contributed by atoms with Gasteiger partial charge in [0.15, 0.2) is 6.23 Å². The minimum Gasteiger partial charge on any atom is -0.457 e. The summed E-state index contributed by atoms with van der Waals surface area (Å²) >= 11 is 0. The summed E-state index contributed by atoms with van der Waals surface area (Å²) in [4.78, 5) is 40.7. The molecular weight excluding hydrogens is 420 g/mol. The summed E-state index contributed by atoms with van der Waals surface area (Å²) in [5, 5.41) is 3.09. The summed E-state index contributed by atoms with van der Waals surface area (Å²) in [7, 11) is 0. The molecule has 0 bridgehead atoms. The Kier molecular flexibility index (Phi) is 8.64. The van der Waals surface area contributed by atoms with Gasteiger partial charge in [0, 0.05) is 11.5 Å². The van der Waals surface area contributed by atoms with Gasteiger partial charge in [0.25, 0.3) is 0 Å². The quantitative estimate of drug-likeness (QED) is 0.466. The molecule has 1 heterocycles. The van der Waals surface area contributed by atoms with Crippen LogP contribution in [0.25, 0.3) is 0 Å². The summed E-state index contributed by atoms with van der Waals surface area (Å²) in [6.07, 6.45) is 4.13. The molecule has 2 amide bonds. The van der Waals surface area contributed by atoms with Crippen LogP contribution in [0.15, 0.2) is 0 Å². The Hall–Kier alpha value is -1.63. The van der Waals surface area contributed by atoms with Crippen LogP contribution in [0.1, 0.15) is 94.4 Å². The maximum Gasteiger partial charge on any atom is 0.311 e. The van der Waals surface area contributed by atoms with Crippen molar-refractivity contribution in [2.45, 2.75) is 118 Å². The third kappa shape index (κ3) is 6.71. The smallest absolute Gasteiger partial charge is 0.311 e. The SMILES string of the molecule is C[C@@H]1[C@H](C)COC(N(C=O)[C@H](C(=O)NC(C)(C)C)C2(C)CCCCC2)[C@H]1OC(=O)C(C)(C)C. The van der Waals surface area contributed by atoms with Gasteiger partial charge < -0.3 is 19.7 Å². The van der Waals surface area contributed by atoms with E-state index in [4.69, 9.17) is 9.47 Å². The number of rotatable bonds is 6. The molecule has 1 aliphatic heterocycles. The Balaban J connectivity index is 2.48. The van der Waals surface area contributed by atoms with Crippen LogP contribution in [-0.2, 0) is 23.9 Å². The predicted molar refractivity (Wildman–Crippen MR) is 128 cm³/mol. The van der Waals surface area contributed by atoms with Crippen molar-refractivity contribution in [3.05, 3.63) is 0 Å². The van der Waals surface area contributed by atoms with Crippen LogP contribution < -0.4 is 5.32 Å². The van der Waals surface area contributed by atoms with Crippen LogP contribution in [0.5, 0.6) is 0 Å². The minimum atomic E-state index is -0.811. The van der Waals surface area contributed by atoms with Crippen molar-refractivity contribution in [3.63, 3.8) is 0 Å². The van der Waals surface area contributed by atoms with Crippen molar-refractivity contribution in [3.8, 4) is 0 Å². The highest BCUT2D eigenvalue weighted by atomic mass is 16.6. The first-order valence-corrected chi connectivity index (χ1v) is 12.5. The molecule has 1 N–H and O–H groups in total. The van der Waals surface area contributed by atoms with Gasteiger partial charge in [-0.3, -0.25) is 14.4 Å². The van der Waals surface area contributed by atoms with Crippen LogP contribution in [0.3, 0.4) is 0 Å². The summed E-state index contributed by atoms with van der Waals surface area (Å²) in [5.41, 5.74) is -1.51. The summed E-state index contributed by atoms with van der Waals surface area (Å²) in [6.45, 7) is 17.8. The Labute approximate surface area is 200 Å². The number of esters is 1. The van der Waals surface area contributed by atoms with Gasteiger partial charge in [-0.25, -0.2) is 0 Å². The van der Waals surface area contributed by atoms with E-state index in [1.54, 1.807) is 0 Å². The molecule has 0 aromatic heterocycles. The zero-order valence-electron chi connectivity index (χ0n) is 22.2. The third-order valence-corrected chi connectivity index (χ3v) is 7.20. The number of hydrogen-bond donors (Lipinski definition) is 1. The van der Waals surface area contributed by atoms with Gasteiger partial charge >= 0.3 is 5.97 Å². The highest BCUT2D eigenvalue weighted by molar-refractivity contribution is 5.85. The van der Waals surface area contributed by atoms with Crippen LogP contribution in [0.4, 0.5) is 0 Å². The van der Waals surface area contributed by atoms with E-state index in [1.807, 2.05) is 48.5 Å². The van der Waals surface area contributed by atoms with Crippen molar-refractivity contribution >= 4 is 18.3 Å². The van der Waals surface area contributed by atoms with Crippen molar-refractivity contribution in [1.82, 2.24) is 10.2 Å². The number of amides is 2. The van der Waals surface area contributed by atoms with Crippen LogP contribution in [-0.4, -0.2) is 53.7 Å². The van der Waals surface area contributed by atoms with Crippen LogP contribution >= 0.6 is 0 Å². The fourth-order valence-electron chi connectivity index (χ4n) is 4.95. The molecule has 7 heteroatoms. The molecule has 1 unspecified atom stereocenters. The molecule has 0 aromatic carbocycles. The molecule has 0 radical (unpaired) electrons. The molecule has 2 fully saturated rings. The molecule has 0 spiro atoms. The van der Waals surface area contributed by atoms with E-state index in [0.29, 0.717) is 6.61 Å². The van der Waals surface area contributed by atoms with E-state index >= 15 is 0 Å². The molecule has 0 aromatic rings. The van der Waals surface area contributed by atoms with E-state index in [-0.39, 0.29) is 29.1 Å². The molecule has 190 valence electrons. The van der Waals surface area contributed by atoms with Gasteiger partial charge in [-0.2, -0.15) is 0 Å². The van der Waals surface area contributed by atoms with Crippen molar-refractivity contribution in [1.29, 1.82) is 0 Å². The molecule has 1 saturated carbocycles. The maximum absolute atomic E-state index is 13.7. The van der Waals surface area contributed by atoms with Gasteiger partial charge in [0.05, 0.1) is 12.0 Å². The topological polar surface area (TPSA) is 84.9 Å². The third-order valence-electron chi connectivity index (χ3n) is 7.20. The highest BCUT2D eigenvalue weighted by Crippen LogP contribution is 2.43. The highest BCUT2D eigenvalue weighted by Gasteiger charge is 2.51. The number of carbonyl (C=O) groups excluding carboxylic acids is 3. The lowest BCUT2D eigenvalue weighted by atomic mass is 9.69. The standard InChI is InChI=1S/C26H46N2O5/c1-17-15-32-22(19(18(17)2)33-23(31)24(3,4)5)28(16-29)20(21(30)27-25(6,7)8)26(9)13-11-10-12-14-26/h16-20,22H,10-15H2,1-9H3,(H,27,30)/t17-,18-,19+,20-,22?/m1/s1. The molecule has 33 heavy (non-hydrogen) atoms. The number of ether oxygens (including phenoxy) is 2. The van der Waals surface area contributed by atoms with E-state index in [1.165, 1.54) is 4.90 Å². The second kappa shape index (κ2) is 10.3. The molecule has 1 saturated heterocycles. The zero-order chi connectivity index (χ0) is 25.2. The lowest BCUT2D eigenvalue weighted by Gasteiger charge is -2.50. The molecule has 1 aliphatic carbocycles. The lowest BCUT2D eigenvalue weighted by Crippen LogP contribution is -2.65. The lowest BCUT2D eigenvalue weighted by molar-refractivity contribution is -0.221. The van der Waals surface area contributed by atoms with Gasteiger partial charge in [-0.05, 0) is 65.7 Å². The Morgan fingerprint density at radius 2 is 1.67 bits per heavy atom. The Morgan fingerprint density at radius 3 is 2.15 bits per heavy atom. The molecule has 7 nitrogen and oxygen atoms in total. The number of carbonyl (C=O) groups is 3. The first-order valence-electron chi connectivity index (χ1n) is 12.5. The summed E-state index contributed by atoms with van der Waals surface area (Å²) in [5.74, 6) is -0.398. The van der Waals surface area contributed by atoms with Crippen LogP contribution in [0, 0.1) is 22.7 Å². The van der Waals surface area contributed by atoms with Crippen LogP contribution in [0.2, 0.25) is 0 Å². The minimum absolute atomic E-state index is 0.0250. The number of hydrogen-bond acceptors (Lipinski definition) is 5. The molecule has 2 aliphatic rings. The maximum atomic E-state index is 13.7.